The molecular weight excluding hydrogens is 838 g/mol. The molecule has 4 aromatic rings. The van der Waals surface area contributed by atoms with Gasteiger partial charge >= 0.3 is 7.12 Å². The van der Waals surface area contributed by atoms with Gasteiger partial charge in [-0.1, -0.05) is 120 Å². The van der Waals surface area contributed by atoms with Gasteiger partial charge in [0.1, 0.15) is 11.5 Å². The number of aliphatic hydroxyl groups excluding tert-OH is 2. The van der Waals surface area contributed by atoms with Gasteiger partial charge in [0.05, 0.1) is 22.2 Å². The molecule has 0 unspecified atom stereocenters. The molecule has 2 heterocycles. The van der Waals surface area contributed by atoms with Crippen molar-refractivity contribution in [2.75, 3.05) is 0 Å². The number of carbonyl (C=O) groups excluding carboxylic acids is 2. The highest BCUT2D eigenvalue weighted by atomic mass is 79.9. The summed E-state index contributed by atoms with van der Waals surface area (Å²) >= 11 is 15.1. The molecule has 8 nitrogen and oxygen atoms in total. The van der Waals surface area contributed by atoms with Crippen LogP contribution in [0, 0.1) is 27.7 Å². The molecule has 0 bridgehead atoms. The Hall–Kier alpha value is -4.06. The number of carbonyl (C=O) groups is 2. The normalized spacial score (nSPS) is 18.0. The maximum absolute atomic E-state index is 12.9. The van der Waals surface area contributed by atoms with Crippen molar-refractivity contribution in [1.29, 1.82) is 0 Å². The van der Waals surface area contributed by atoms with Crippen LogP contribution in [0.25, 0.3) is 22.3 Å². The van der Waals surface area contributed by atoms with Gasteiger partial charge in [-0.15, -0.1) is 0 Å². The first kappa shape index (κ1) is 43.5. The van der Waals surface area contributed by atoms with Crippen molar-refractivity contribution in [2.24, 2.45) is 0 Å². The van der Waals surface area contributed by atoms with Gasteiger partial charge in [-0.05, 0) is 134 Å². The van der Waals surface area contributed by atoms with Gasteiger partial charge in [0.25, 0.3) is 11.8 Å². The first-order valence-electron chi connectivity index (χ1n) is 19.9. The molecule has 2 spiro atoms. The number of hydrogen-bond acceptors (Lipinski definition) is 6. The lowest BCUT2D eigenvalue weighted by Gasteiger charge is -2.33. The monoisotopic (exact) mass is 886 g/mol. The van der Waals surface area contributed by atoms with Crippen molar-refractivity contribution in [3.05, 3.63) is 132 Å². The Kier molecular flexibility index (Phi) is 13.6. The van der Waals surface area contributed by atoms with E-state index in [0.29, 0.717) is 26.7 Å². The first-order chi connectivity index (χ1) is 27.6. The molecule has 4 aromatic carbocycles. The lowest BCUT2D eigenvalue weighted by molar-refractivity contribution is -0.117. The molecule has 2 fully saturated rings. The van der Waals surface area contributed by atoms with E-state index in [9.17, 15) is 19.8 Å². The summed E-state index contributed by atoms with van der Waals surface area (Å²) < 4.78 is 0.959. The van der Waals surface area contributed by atoms with Crippen LogP contribution in [0.5, 0.6) is 0 Å². The second-order valence-corrected chi connectivity index (χ2v) is 17.6. The minimum Gasteiger partial charge on any atom is -0.509 e. The number of benzene rings is 4. The van der Waals surface area contributed by atoms with E-state index in [4.69, 9.17) is 33.2 Å². The highest BCUT2D eigenvalue weighted by Gasteiger charge is 2.48. The minimum atomic E-state index is -1.41. The molecule has 2 saturated carbocycles. The summed E-state index contributed by atoms with van der Waals surface area (Å²) in [6.45, 7) is 7.97. The zero-order chi connectivity index (χ0) is 41.9. The summed E-state index contributed by atoms with van der Waals surface area (Å²) in [7, 11) is -1.41. The summed E-state index contributed by atoms with van der Waals surface area (Å²) in [6.07, 6.45) is 9.77. The first-order valence-corrected chi connectivity index (χ1v) is 21.4. The third kappa shape index (κ3) is 8.78. The Balaban J connectivity index is 0.000000162. The molecule has 6 N–H and O–H groups in total. The molecule has 304 valence electrons. The van der Waals surface area contributed by atoms with Crippen molar-refractivity contribution in [1.82, 2.24) is 10.6 Å². The molecule has 2 aliphatic carbocycles. The highest BCUT2D eigenvalue weighted by Crippen LogP contribution is 2.45. The van der Waals surface area contributed by atoms with Gasteiger partial charge in [0.15, 0.2) is 0 Å². The van der Waals surface area contributed by atoms with Crippen molar-refractivity contribution in [3.8, 4) is 11.1 Å². The number of aryl methyl sites for hydroxylation is 2. The molecule has 0 aromatic heterocycles. The van der Waals surface area contributed by atoms with Crippen LogP contribution in [-0.4, -0.2) is 50.3 Å². The fourth-order valence-electron chi connectivity index (χ4n) is 8.88. The number of amides is 2. The number of aliphatic hydroxyl groups is 2. The maximum atomic E-state index is 12.9. The molecule has 8 rings (SSSR count). The summed E-state index contributed by atoms with van der Waals surface area (Å²) in [6, 6.07) is 22.1. The van der Waals surface area contributed by atoms with Gasteiger partial charge in [-0.3, -0.25) is 9.59 Å². The summed E-state index contributed by atoms with van der Waals surface area (Å²) in [5.74, 6) is 0.177. The van der Waals surface area contributed by atoms with E-state index >= 15 is 0 Å². The SMILES string of the molecule is Cc1ccc(-c2ccc(Cl)cc2)c(C)c1C1=C(O)C2(CCCCC2)NC1=O.Cc1ccc(Br)c(C)c1C1=C(O)C2(CCCCC2)NC1=O.OB(O)c1ccc(Cl)cc1. The largest absolute Gasteiger partial charge is 0.509 e. The Bertz CT molecular complexity index is 2260. The molecule has 0 atom stereocenters. The summed E-state index contributed by atoms with van der Waals surface area (Å²) in [4.78, 5) is 25.4. The Morgan fingerprint density at radius 2 is 1.00 bits per heavy atom. The topological polar surface area (TPSA) is 139 Å². The van der Waals surface area contributed by atoms with E-state index in [1.807, 2.05) is 70.2 Å². The third-order valence-corrected chi connectivity index (χ3v) is 13.4. The zero-order valence-corrected chi connectivity index (χ0v) is 36.4. The van der Waals surface area contributed by atoms with Gasteiger partial charge < -0.3 is 30.9 Å². The van der Waals surface area contributed by atoms with Crippen LogP contribution in [-0.2, 0) is 9.59 Å². The van der Waals surface area contributed by atoms with Crippen molar-refractivity contribution in [2.45, 2.75) is 103 Å². The number of hydrogen-bond donors (Lipinski definition) is 6. The molecule has 4 aliphatic rings. The Morgan fingerprint density at radius 1 is 0.586 bits per heavy atom. The average molecular weight is 889 g/mol. The minimum absolute atomic E-state index is 0.140. The Morgan fingerprint density at radius 3 is 1.45 bits per heavy atom. The lowest BCUT2D eigenvalue weighted by Crippen LogP contribution is -2.46. The van der Waals surface area contributed by atoms with E-state index in [2.05, 4.69) is 32.6 Å². The van der Waals surface area contributed by atoms with Crippen LogP contribution in [0.1, 0.15) is 97.6 Å². The molecule has 0 saturated heterocycles. The second kappa shape index (κ2) is 18.1. The smallest absolute Gasteiger partial charge is 0.488 e. The van der Waals surface area contributed by atoms with Gasteiger partial charge in [0, 0.05) is 14.5 Å². The van der Waals surface area contributed by atoms with Crippen LogP contribution < -0.4 is 16.1 Å². The molecule has 2 amide bonds. The van der Waals surface area contributed by atoms with Gasteiger partial charge in [-0.25, -0.2) is 0 Å². The molecule has 0 radical (unpaired) electrons. The van der Waals surface area contributed by atoms with E-state index in [0.717, 1.165) is 107 Å². The fraction of sp³-hybridized carbons (Fsp3) is 0.348. The van der Waals surface area contributed by atoms with Crippen LogP contribution in [0.2, 0.25) is 10.0 Å². The number of halogens is 3. The third-order valence-electron chi connectivity index (χ3n) is 12.1. The molecule has 58 heavy (non-hydrogen) atoms. The van der Waals surface area contributed by atoms with Crippen LogP contribution >= 0.6 is 39.1 Å². The molecular formula is C46H50BBrCl2N2O6. The maximum Gasteiger partial charge on any atom is 0.488 e. The predicted octanol–water partition coefficient (Wildman–Crippen LogP) is 9.91. The number of nitrogens with one attached hydrogen (secondary N) is 2. The van der Waals surface area contributed by atoms with Crippen molar-refractivity contribution < 1.29 is 29.9 Å². The quantitative estimate of drug-likeness (QED) is 0.113. The molecule has 12 heteroatoms. The van der Waals surface area contributed by atoms with E-state index in [-0.39, 0.29) is 23.3 Å². The predicted molar refractivity (Wildman–Crippen MR) is 238 cm³/mol. The van der Waals surface area contributed by atoms with Gasteiger partial charge in [-0.2, -0.15) is 0 Å². The standard InChI is InChI=1S/C23H24ClNO2.C17H20BrNO2.C6H6BClO2/c1-14-6-11-18(16-7-9-17(24)10-8-16)15(2)19(14)20-21(26)23(25-22(20)27)12-4-3-5-13-23;1-10-6-7-12(18)11(2)13(10)14-15(20)17(19-16(14)21)8-4-3-5-9-17;8-6-3-1-5(2-4-6)7(9)10/h6-11,26H,3-5,12-13H2,1-2H3,(H,25,27);6-7,20H,3-5,8-9H2,1-2H3,(H,19,21);1-4,9-10H. The van der Waals surface area contributed by atoms with Crippen molar-refractivity contribution in [3.63, 3.8) is 0 Å². The van der Waals surface area contributed by atoms with Crippen LogP contribution in [0.3, 0.4) is 0 Å². The number of rotatable bonds is 4. The highest BCUT2D eigenvalue weighted by molar-refractivity contribution is 9.10. The summed E-state index contributed by atoms with van der Waals surface area (Å²) in [5.41, 5.74) is 8.08. The lowest BCUT2D eigenvalue weighted by atomic mass is 9.80. The van der Waals surface area contributed by atoms with Gasteiger partial charge in [0.2, 0.25) is 0 Å². The zero-order valence-electron chi connectivity index (χ0n) is 33.3. The van der Waals surface area contributed by atoms with E-state index in [1.54, 1.807) is 24.3 Å². The fourth-order valence-corrected chi connectivity index (χ4v) is 9.47. The molecule has 2 aliphatic heterocycles. The second-order valence-electron chi connectivity index (χ2n) is 15.9. The van der Waals surface area contributed by atoms with E-state index < -0.39 is 18.2 Å². The van der Waals surface area contributed by atoms with Crippen LogP contribution in [0.4, 0.5) is 0 Å². The summed E-state index contributed by atoms with van der Waals surface area (Å²) in [5, 5.41) is 46.6. The Labute approximate surface area is 359 Å². The average Bonchev–Trinajstić information content (AvgIpc) is 3.57. The van der Waals surface area contributed by atoms with Crippen molar-refractivity contribution >= 4 is 74.7 Å². The van der Waals surface area contributed by atoms with Crippen LogP contribution in [0.15, 0.2) is 88.8 Å². The van der Waals surface area contributed by atoms with E-state index in [1.165, 1.54) is 6.42 Å².